The monoisotopic (exact) mass is 365 g/mol. The van der Waals surface area contributed by atoms with E-state index in [2.05, 4.69) is 4.99 Å². The van der Waals surface area contributed by atoms with Gasteiger partial charge >= 0.3 is 12.1 Å². The van der Waals surface area contributed by atoms with Crippen molar-refractivity contribution in [2.75, 3.05) is 7.05 Å². The van der Waals surface area contributed by atoms with Crippen molar-refractivity contribution < 1.29 is 22.7 Å². The maximum Gasteiger partial charge on any atom is 0.433 e. The molecule has 4 fully saturated rings. The SMILES string of the molecule is C/N=C(/c1ccc(OC(=O)C23CC4CC(CC(C4)C2)C3)cc1)C(F)(F)F. The van der Waals surface area contributed by atoms with Gasteiger partial charge in [0.2, 0.25) is 0 Å². The van der Waals surface area contributed by atoms with Crippen LogP contribution in [0.15, 0.2) is 29.3 Å². The van der Waals surface area contributed by atoms with Crippen molar-refractivity contribution in [3.05, 3.63) is 29.8 Å². The molecule has 0 amide bonds. The van der Waals surface area contributed by atoms with Gasteiger partial charge in [0.1, 0.15) is 11.5 Å². The Hall–Kier alpha value is -1.85. The smallest absolute Gasteiger partial charge is 0.426 e. The Morgan fingerprint density at radius 3 is 1.96 bits per heavy atom. The second-order valence-electron chi connectivity index (χ2n) is 8.18. The van der Waals surface area contributed by atoms with E-state index >= 15 is 0 Å². The van der Waals surface area contributed by atoms with Crippen molar-refractivity contribution in [3.63, 3.8) is 0 Å². The number of esters is 1. The largest absolute Gasteiger partial charge is 0.433 e. The molecule has 4 aliphatic carbocycles. The minimum Gasteiger partial charge on any atom is -0.426 e. The fourth-order valence-corrected chi connectivity index (χ4v) is 5.68. The third-order valence-corrected chi connectivity index (χ3v) is 6.30. The zero-order chi connectivity index (χ0) is 18.5. The van der Waals surface area contributed by atoms with Gasteiger partial charge in [-0.1, -0.05) is 0 Å². The van der Waals surface area contributed by atoms with Crippen molar-refractivity contribution in [1.29, 1.82) is 0 Å². The predicted molar refractivity (Wildman–Crippen MR) is 91.2 cm³/mol. The Labute approximate surface area is 150 Å². The normalized spacial score (nSPS) is 33.4. The highest BCUT2D eigenvalue weighted by Gasteiger charge is 2.55. The maximum absolute atomic E-state index is 12.9. The van der Waals surface area contributed by atoms with Crippen LogP contribution >= 0.6 is 0 Å². The molecule has 0 aliphatic heterocycles. The van der Waals surface area contributed by atoms with Crippen LogP contribution in [-0.4, -0.2) is 24.9 Å². The van der Waals surface area contributed by atoms with Gasteiger partial charge in [-0.3, -0.25) is 9.79 Å². The third kappa shape index (κ3) is 3.03. The number of benzene rings is 1. The molecular weight excluding hydrogens is 343 g/mol. The molecule has 0 saturated heterocycles. The molecule has 3 nitrogen and oxygen atoms in total. The van der Waals surface area contributed by atoms with Gasteiger partial charge in [0.05, 0.1) is 5.41 Å². The summed E-state index contributed by atoms with van der Waals surface area (Å²) in [6.45, 7) is 0. The maximum atomic E-state index is 12.9. The number of hydrogen-bond donors (Lipinski definition) is 0. The first-order valence-electron chi connectivity index (χ1n) is 9.16. The number of aliphatic imine (C=N–C) groups is 1. The minimum absolute atomic E-state index is 0.0328. The van der Waals surface area contributed by atoms with E-state index in [4.69, 9.17) is 4.74 Å². The van der Waals surface area contributed by atoms with Crippen LogP contribution in [0.25, 0.3) is 0 Å². The van der Waals surface area contributed by atoms with Gasteiger partial charge in [0.15, 0.2) is 0 Å². The molecule has 0 unspecified atom stereocenters. The van der Waals surface area contributed by atoms with Crippen LogP contribution in [0, 0.1) is 23.2 Å². The molecule has 6 heteroatoms. The summed E-state index contributed by atoms with van der Waals surface area (Å²) in [6.07, 6.45) is 1.89. The molecule has 4 aliphatic rings. The van der Waals surface area contributed by atoms with E-state index in [9.17, 15) is 18.0 Å². The Bertz CT molecular complexity index is 701. The lowest BCUT2D eigenvalue weighted by atomic mass is 9.49. The lowest BCUT2D eigenvalue weighted by Gasteiger charge is -2.55. The van der Waals surface area contributed by atoms with E-state index in [1.807, 2.05) is 0 Å². The minimum atomic E-state index is -4.51. The Kier molecular flexibility index (Phi) is 4.12. The summed E-state index contributed by atoms with van der Waals surface area (Å²) in [7, 11) is 1.11. The Balaban J connectivity index is 1.49. The van der Waals surface area contributed by atoms with Gasteiger partial charge in [-0.05, 0) is 80.5 Å². The fourth-order valence-electron chi connectivity index (χ4n) is 5.68. The fraction of sp³-hybridized carbons (Fsp3) is 0.600. The summed E-state index contributed by atoms with van der Waals surface area (Å²) < 4.78 is 44.4. The molecule has 1 aromatic carbocycles. The van der Waals surface area contributed by atoms with Crippen LogP contribution in [0.4, 0.5) is 13.2 Å². The van der Waals surface area contributed by atoms with Crippen molar-refractivity contribution in [1.82, 2.24) is 0 Å². The number of ether oxygens (including phenoxy) is 1. The van der Waals surface area contributed by atoms with Crippen LogP contribution in [0.2, 0.25) is 0 Å². The van der Waals surface area contributed by atoms with Crippen LogP contribution in [0.1, 0.15) is 44.1 Å². The first kappa shape index (κ1) is 17.6. The van der Waals surface area contributed by atoms with Gasteiger partial charge in [0.25, 0.3) is 0 Å². The van der Waals surface area contributed by atoms with Gasteiger partial charge in [0, 0.05) is 12.6 Å². The molecule has 4 saturated carbocycles. The summed E-state index contributed by atoms with van der Waals surface area (Å²) in [5.74, 6) is 1.99. The van der Waals surface area contributed by atoms with Gasteiger partial charge < -0.3 is 4.74 Å². The van der Waals surface area contributed by atoms with E-state index in [0.717, 1.165) is 26.3 Å². The van der Waals surface area contributed by atoms with Gasteiger partial charge in [-0.2, -0.15) is 13.2 Å². The molecule has 26 heavy (non-hydrogen) atoms. The van der Waals surface area contributed by atoms with Gasteiger partial charge in [-0.15, -0.1) is 0 Å². The summed E-state index contributed by atoms with van der Waals surface area (Å²) in [5.41, 5.74) is -1.35. The molecule has 0 N–H and O–H groups in total. The number of hydrogen-bond acceptors (Lipinski definition) is 3. The second kappa shape index (κ2) is 6.10. The molecule has 0 atom stereocenters. The van der Waals surface area contributed by atoms with Crippen LogP contribution in [0.5, 0.6) is 5.75 Å². The third-order valence-electron chi connectivity index (χ3n) is 6.30. The van der Waals surface area contributed by atoms with E-state index < -0.39 is 11.9 Å². The first-order chi connectivity index (χ1) is 12.3. The summed E-state index contributed by atoms with van der Waals surface area (Å²) in [6, 6.07) is 5.45. The molecule has 0 radical (unpaired) electrons. The number of carbonyl (C=O) groups excluding carboxylic acids is 1. The second-order valence-corrected chi connectivity index (χ2v) is 8.18. The average Bonchev–Trinajstić information content (AvgIpc) is 2.54. The average molecular weight is 365 g/mol. The standard InChI is InChI=1S/C20H22F3NO2/c1-24-17(20(21,22)23)15-2-4-16(5-3-15)26-18(25)19-9-12-6-13(10-19)8-14(7-12)11-19/h2-5,12-14H,6-11H2,1H3/b24-17-. The first-order valence-corrected chi connectivity index (χ1v) is 9.16. The molecule has 4 bridgehead atoms. The molecule has 0 aromatic heterocycles. The van der Waals surface area contributed by atoms with Gasteiger partial charge in [-0.25, -0.2) is 0 Å². The summed E-state index contributed by atoms with van der Waals surface area (Å²) >= 11 is 0. The van der Waals surface area contributed by atoms with E-state index in [1.54, 1.807) is 0 Å². The molecule has 140 valence electrons. The lowest BCUT2D eigenvalue weighted by Crippen LogP contribution is -2.51. The summed E-state index contributed by atoms with van der Waals surface area (Å²) in [5, 5.41) is 0. The number of carbonyl (C=O) groups is 1. The zero-order valence-corrected chi connectivity index (χ0v) is 14.7. The number of alkyl halides is 3. The predicted octanol–water partition coefficient (Wildman–Crippen LogP) is 4.79. The highest BCUT2D eigenvalue weighted by molar-refractivity contribution is 6.04. The number of nitrogens with zero attached hydrogens (tertiary/aromatic N) is 1. The molecule has 0 heterocycles. The molecule has 5 rings (SSSR count). The highest BCUT2D eigenvalue weighted by Crippen LogP contribution is 2.60. The number of rotatable bonds is 3. The van der Waals surface area contributed by atoms with Crippen LogP contribution in [0.3, 0.4) is 0 Å². The molecule has 1 aromatic rings. The van der Waals surface area contributed by atoms with E-state index in [-0.39, 0.29) is 16.9 Å². The van der Waals surface area contributed by atoms with Crippen LogP contribution < -0.4 is 4.74 Å². The van der Waals surface area contributed by atoms with Crippen molar-refractivity contribution in [2.45, 2.75) is 44.7 Å². The molecular formula is C20H22F3NO2. The summed E-state index contributed by atoms with van der Waals surface area (Å²) in [4.78, 5) is 16.2. The highest BCUT2D eigenvalue weighted by atomic mass is 19.4. The Morgan fingerprint density at radius 2 is 1.54 bits per heavy atom. The topological polar surface area (TPSA) is 38.7 Å². The van der Waals surface area contributed by atoms with Crippen molar-refractivity contribution in [2.24, 2.45) is 28.2 Å². The zero-order valence-electron chi connectivity index (χ0n) is 14.7. The van der Waals surface area contributed by atoms with Crippen molar-refractivity contribution in [3.8, 4) is 5.75 Å². The Morgan fingerprint density at radius 1 is 1.04 bits per heavy atom. The van der Waals surface area contributed by atoms with E-state index in [1.165, 1.54) is 43.5 Å². The quantitative estimate of drug-likeness (QED) is 0.439. The van der Waals surface area contributed by atoms with E-state index in [0.29, 0.717) is 23.5 Å². The van der Waals surface area contributed by atoms with Crippen LogP contribution in [-0.2, 0) is 4.79 Å². The number of halogens is 3. The lowest BCUT2D eigenvalue weighted by molar-refractivity contribution is -0.161. The van der Waals surface area contributed by atoms with Crippen molar-refractivity contribution >= 4 is 11.7 Å². The molecule has 0 spiro atoms.